The van der Waals surface area contributed by atoms with Gasteiger partial charge in [0.1, 0.15) is 54.8 Å². The summed E-state index contributed by atoms with van der Waals surface area (Å²) in [4.78, 5) is 48.8. The summed E-state index contributed by atoms with van der Waals surface area (Å²) < 4.78 is 17.5. The number of H-pyrrole nitrogens is 1. The number of aliphatic hydroxyl groups is 4. The number of carbonyl (C=O) groups is 2. The maximum Gasteiger partial charge on any atom is 0.330 e. The number of hydrogen-bond donors (Lipinski definition) is 10. The number of carboxylic acids is 2. The Kier molecular flexibility index (Phi) is 9.70. The van der Waals surface area contributed by atoms with Gasteiger partial charge in [-0.1, -0.05) is 0 Å². The van der Waals surface area contributed by atoms with Gasteiger partial charge in [0.2, 0.25) is 0 Å². The number of hydrogen-bond acceptors (Lipinski definition) is 14. The molecular weight excluding hydrogens is 518 g/mol. The van der Waals surface area contributed by atoms with E-state index < -0.39 is 90.5 Å². The highest BCUT2D eigenvalue weighted by atomic mass is 16.7. The Labute approximate surface area is 213 Å². The van der Waals surface area contributed by atoms with Crippen LogP contribution in [0.3, 0.4) is 0 Å². The van der Waals surface area contributed by atoms with Gasteiger partial charge in [-0.2, -0.15) is 0 Å². The molecule has 2 aliphatic rings. The fourth-order valence-electron chi connectivity index (χ4n) is 4.20. The smallest absolute Gasteiger partial charge is 0.330 e. The molecule has 0 bridgehead atoms. The molecule has 12 N–H and O–H groups in total. The van der Waals surface area contributed by atoms with E-state index in [-0.39, 0.29) is 19.5 Å². The minimum absolute atomic E-state index is 0.214. The minimum atomic E-state index is -1.87. The van der Waals surface area contributed by atoms with Crippen LogP contribution in [0, 0.1) is 0 Å². The van der Waals surface area contributed by atoms with Crippen LogP contribution in [-0.2, 0) is 23.8 Å². The molecule has 0 aliphatic carbocycles. The van der Waals surface area contributed by atoms with Gasteiger partial charge in [-0.25, -0.2) is 4.79 Å². The number of nitrogens with two attached hydrogens (primary N) is 2. The lowest BCUT2D eigenvalue weighted by molar-refractivity contribution is -0.228. The van der Waals surface area contributed by atoms with E-state index in [2.05, 4.69) is 5.32 Å². The van der Waals surface area contributed by atoms with E-state index in [1.807, 2.05) is 4.98 Å². The van der Waals surface area contributed by atoms with Crippen LogP contribution in [0.5, 0.6) is 0 Å². The highest BCUT2D eigenvalue weighted by Gasteiger charge is 2.54. The number of ether oxygens (including phenoxy) is 3. The fourth-order valence-corrected chi connectivity index (χ4v) is 4.20. The number of carboxylic acid groups (broad SMARTS) is 2. The van der Waals surface area contributed by atoms with E-state index in [0.29, 0.717) is 0 Å². The average molecular weight is 549 g/mol. The summed E-state index contributed by atoms with van der Waals surface area (Å²) in [6.45, 7) is -0.491. The van der Waals surface area contributed by atoms with Crippen molar-refractivity contribution in [2.45, 2.75) is 73.8 Å². The summed E-state index contributed by atoms with van der Waals surface area (Å²) in [5.41, 5.74) is 9.22. The van der Waals surface area contributed by atoms with Gasteiger partial charge in [0, 0.05) is 18.8 Å². The number of aliphatic carboxylic acids is 2. The van der Waals surface area contributed by atoms with Crippen LogP contribution >= 0.6 is 0 Å². The minimum Gasteiger partial charge on any atom is -0.480 e. The van der Waals surface area contributed by atoms with Crippen molar-refractivity contribution in [1.82, 2.24) is 14.9 Å². The first kappa shape index (κ1) is 29.8. The average Bonchev–Trinajstić information content (AvgIpc) is 3.30. The quantitative estimate of drug-likeness (QED) is 0.116. The number of aromatic nitrogens is 2. The van der Waals surface area contributed by atoms with Crippen molar-refractivity contribution < 1.29 is 54.4 Å². The molecule has 214 valence electrons. The van der Waals surface area contributed by atoms with Crippen molar-refractivity contribution in [3.8, 4) is 0 Å². The van der Waals surface area contributed by atoms with E-state index in [0.717, 1.165) is 16.8 Å². The summed E-state index contributed by atoms with van der Waals surface area (Å²) in [6.07, 6.45) is -13.9. The molecule has 38 heavy (non-hydrogen) atoms. The zero-order valence-electron chi connectivity index (χ0n) is 19.8. The van der Waals surface area contributed by atoms with Crippen LogP contribution in [0.15, 0.2) is 21.9 Å². The Balaban J connectivity index is 1.92. The van der Waals surface area contributed by atoms with Gasteiger partial charge in [-0.3, -0.25) is 23.9 Å². The van der Waals surface area contributed by atoms with Gasteiger partial charge in [0.15, 0.2) is 12.5 Å². The van der Waals surface area contributed by atoms with E-state index in [9.17, 15) is 44.7 Å². The Morgan fingerprint density at radius 1 is 1.08 bits per heavy atom. The molecule has 3 rings (SSSR count). The Morgan fingerprint density at radius 3 is 2.32 bits per heavy atom. The summed E-state index contributed by atoms with van der Waals surface area (Å²) in [6, 6.07) is -2.16. The molecule has 1 aromatic heterocycles. The highest BCUT2D eigenvalue weighted by molar-refractivity contribution is 5.75. The van der Waals surface area contributed by atoms with Crippen molar-refractivity contribution in [2.24, 2.45) is 11.5 Å². The van der Waals surface area contributed by atoms with Crippen LogP contribution in [0.4, 0.5) is 0 Å². The van der Waals surface area contributed by atoms with Gasteiger partial charge < -0.3 is 61.6 Å². The van der Waals surface area contributed by atoms with Crippen LogP contribution in [0.25, 0.3) is 0 Å². The number of nitrogens with zero attached hydrogens (tertiary/aromatic N) is 1. The maximum atomic E-state index is 12.2. The first-order chi connectivity index (χ1) is 17.9. The molecular formula is C20H31N5O13. The van der Waals surface area contributed by atoms with Crippen molar-refractivity contribution >= 4 is 11.9 Å². The van der Waals surface area contributed by atoms with Crippen LogP contribution < -0.4 is 28.0 Å². The molecule has 0 spiro atoms. The van der Waals surface area contributed by atoms with Gasteiger partial charge in [0.05, 0.1) is 0 Å². The first-order valence-electron chi connectivity index (χ1n) is 11.5. The highest BCUT2D eigenvalue weighted by Crippen LogP contribution is 2.34. The lowest BCUT2D eigenvalue weighted by Gasteiger charge is -2.33. The van der Waals surface area contributed by atoms with Crippen molar-refractivity contribution in [2.75, 3.05) is 13.1 Å². The van der Waals surface area contributed by atoms with Crippen LogP contribution in [0.2, 0.25) is 0 Å². The topological polar surface area (TPSA) is 302 Å². The molecule has 0 radical (unpaired) electrons. The van der Waals surface area contributed by atoms with Crippen LogP contribution in [-0.4, -0.2) is 126 Å². The molecule has 11 atom stereocenters. The van der Waals surface area contributed by atoms with E-state index in [1.54, 1.807) is 0 Å². The molecule has 18 nitrogen and oxygen atoms in total. The lowest BCUT2D eigenvalue weighted by atomic mass is 9.98. The normalized spacial score (nSPS) is 33.6. The van der Waals surface area contributed by atoms with Gasteiger partial charge >= 0.3 is 17.6 Å². The molecule has 18 heteroatoms. The van der Waals surface area contributed by atoms with Gasteiger partial charge in [-0.05, 0) is 13.0 Å². The largest absolute Gasteiger partial charge is 0.480 e. The van der Waals surface area contributed by atoms with E-state index >= 15 is 0 Å². The van der Waals surface area contributed by atoms with E-state index in [4.69, 9.17) is 30.8 Å². The second-order valence-corrected chi connectivity index (χ2v) is 8.85. The molecule has 2 aliphatic heterocycles. The number of rotatable bonds is 12. The monoisotopic (exact) mass is 549 g/mol. The zero-order chi connectivity index (χ0) is 28.3. The molecule has 0 saturated carbocycles. The Morgan fingerprint density at radius 2 is 1.76 bits per heavy atom. The SMILES string of the molecule is NC[C@H]1O[C@@H](O[C@H]([C@H]2O[C@@H](n3ccc(=O)[nH]c3=O)[C@H](O)[C@@H]2O)[C@H](NCC[C@H](N)C(=O)O)C(=O)O)[C@H](O)[C@@H]1O. The fraction of sp³-hybridized carbons (Fsp3) is 0.700. The molecule has 3 heterocycles. The summed E-state index contributed by atoms with van der Waals surface area (Å²) in [5.74, 6) is -2.90. The third-order valence-electron chi connectivity index (χ3n) is 6.30. The summed E-state index contributed by atoms with van der Waals surface area (Å²) in [7, 11) is 0. The van der Waals surface area contributed by atoms with E-state index in [1.165, 1.54) is 0 Å². The van der Waals surface area contributed by atoms with Gasteiger partial charge in [-0.15, -0.1) is 0 Å². The molecule has 0 amide bonds. The standard InChI is InChI=1S/C20H31N5O13/c21-5-7-10(27)13(30)19(36-7)38-14(9(18(33)34)23-3-1-6(22)17(31)32)15-11(28)12(29)16(37-15)25-4-2-8(26)24-20(25)35/h2,4,6-7,9-16,19,23,27-30H,1,3,5,21-22H2,(H,31,32)(H,33,34)(H,24,26,35)/t6-,7+,9-,10+,11-,12+,13+,14-,15-,16+,19-/m0/s1. The third kappa shape index (κ3) is 6.26. The number of nitrogens with one attached hydrogen (secondary N) is 2. The second kappa shape index (κ2) is 12.4. The van der Waals surface area contributed by atoms with Crippen LogP contribution in [0.1, 0.15) is 12.6 Å². The lowest BCUT2D eigenvalue weighted by Crippen LogP contribution is -2.57. The summed E-state index contributed by atoms with van der Waals surface area (Å²) in [5, 5.41) is 63.3. The Hall–Kier alpha value is -2.78. The van der Waals surface area contributed by atoms with Crippen molar-refractivity contribution in [1.29, 1.82) is 0 Å². The predicted molar refractivity (Wildman–Crippen MR) is 122 cm³/mol. The summed E-state index contributed by atoms with van der Waals surface area (Å²) >= 11 is 0. The maximum absolute atomic E-state index is 12.2. The molecule has 2 saturated heterocycles. The molecule has 1 aromatic rings. The molecule has 2 fully saturated rings. The zero-order valence-corrected chi connectivity index (χ0v) is 19.8. The third-order valence-corrected chi connectivity index (χ3v) is 6.30. The predicted octanol–water partition coefficient (Wildman–Crippen LogP) is -6.21. The molecule has 0 unspecified atom stereocenters. The number of aromatic amines is 1. The van der Waals surface area contributed by atoms with Crippen molar-refractivity contribution in [3.63, 3.8) is 0 Å². The first-order valence-corrected chi connectivity index (χ1v) is 11.5. The molecule has 0 aromatic carbocycles. The number of aliphatic hydroxyl groups excluding tert-OH is 4. The van der Waals surface area contributed by atoms with Crippen molar-refractivity contribution in [3.05, 3.63) is 33.1 Å². The Bertz CT molecular complexity index is 1100. The van der Waals surface area contributed by atoms with Gasteiger partial charge in [0.25, 0.3) is 5.56 Å². The second-order valence-electron chi connectivity index (χ2n) is 8.85.